The second kappa shape index (κ2) is 5.32. The van der Waals surface area contributed by atoms with Gasteiger partial charge in [0.15, 0.2) is 0 Å². The largest absolute Gasteiger partial charge is 0.382 e. The molecular formula is C21H28O2. The molecule has 4 rings (SSSR count). The van der Waals surface area contributed by atoms with Crippen molar-refractivity contribution in [2.75, 3.05) is 0 Å². The second-order valence-corrected chi connectivity index (χ2v) is 7.92. The van der Waals surface area contributed by atoms with Gasteiger partial charge in [0, 0.05) is 5.41 Å². The Hall–Kier alpha value is -1.38. The monoisotopic (exact) mass is 312 g/mol. The van der Waals surface area contributed by atoms with Crippen molar-refractivity contribution < 1.29 is 9.84 Å². The van der Waals surface area contributed by atoms with E-state index in [0.717, 1.165) is 24.0 Å². The highest BCUT2D eigenvalue weighted by atomic mass is 16.5. The van der Waals surface area contributed by atoms with Crippen LogP contribution < -0.4 is 0 Å². The zero-order chi connectivity index (χ0) is 16.9. The first-order valence-corrected chi connectivity index (χ1v) is 8.49. The van der Waals surface area contributed by atoms with Crippen molar-refractivity contribution in [2.24, 2.45) is 16.7 Å². The van der Waals surface area contributed by atoms with Crippen molar-refractivity contribution in [3.8, 4) is 0 Å². The molecule has 0 spiro atoms. The van der Waals surface area contributed by atoms with Gasteiger partial charge < -0.3 is 9.84 Å². The van der Waals surface area contributed by atoms with Gasteiger partial charge in [0.1, 0.15) is 5.60 Å². The molecule has 2 nitrogen and oxygen atoms in total. The summed E-state index contributed by atoms with van der Waals surface area (Å²) in [6.45, 7) is 15.4. The van der Waals surface area contributed by atoms with Crippen LogP contribution in [0.4, 0.5) is 0 Å². The lowest BCUT2D eigenvalue weighted by Gasteiger charge is -2.66. The van der Waals surface area contributed by atoms with E-state index in [2.05, 4.69) is 46.1 Å². The minimum atomic E-state index is -1.06. The van der Waals surface area contributed by atoms with Crippen molar-refractivity contribution in [2.45, 2.75) is 51.9 Å². The van der Waals surface area contributed by atoms with Crippen LogP contribution in [0.25, 0.3) is 0 Å². The van der Waals surface area contributed by atoms with Crippen LogP contribution in [0, 0.1) is 16.7 Å². The SMILES string of the molecule is C=C[C@]1(O)[C@@H](OCc2ccccc2)[C@H]2CC[C@]1(C)C(=C)C2(C)C. The Kier molecular flexibility index (Phi) is 3.81. The van der Waals surface area contributed by atoms with E-state index in [1.807, 2.05) is 18.2 Å². The summed E-state index contributed by atoms with van der Waals surface area (Å²) in [5.74, 6) is 0.253. The van der Waals surface area contributed by atoms with Crippen molar-refractivity contribution in [1.29, 1.82) is 0 Å². The molecule has 124 valence electrons. The fourth-order valence-electron chi connectivity index (χ4n) is 4.83. The van der Waals surface area contributed by atoms with Crippen LogP contribution in [0.15, 0.2) is 55.1 Å². The molecule has 2 bridgehead atoms. The summed E-state index contributed by atoms with van der Waals surface area (Å²) in [6.07, 6.45) is 3.43. The van der Waals surface area contributed by atoms with Gasteiger partial charge in [-0.1, -0.05) is 69.3 Å². The molecule has 3 aliphatic rings. The third-order valence-corrected chi connectivity index (χ3v) is 6.59. The molecule has 2 heteroatoms. The molecule has 1 N–H and O–H groups in total. The molecule has 4 atom stereocenters. The molecule has 0 saturated heterocycles. The summed E-state index contributed by atoms with van der Waals surface area (Å²) < 4.78 is 6.30. The van der Waals surface area contributed by atoms with Gasteiger partial charge in [0.05, 0.1) is 12.7 Å². The maximum atomic E-state index is 11.5. The summed E-state index contributed by atoms with van der Waals surface area (Å²) in [7, 11) is 0. The Bertz CT molecular complexity index is 618. The van der Waals surface area contributed by atoms with E-state index in [1.54, 1.807) is 6.08 Å². The van der Waals surface area contributed by atoms with E-state index in [4.69, 9.17) is 4.74 Å². The fraction of sp³-hybridized carbons (Fsp3) is 0.524. The molecule has 3 fully saturated rings. The first-order chi connectivity index (χ1) is 10.8. The molecule has 0 radical (unpaired) electrons. The molecule has 0 aromatic heterocycles. The number of hydrogen-bond acceptors (Lipinski definition) is 2. The third kappa shape index (κ3) is 2.15. The standard InChI is InChI=1S/C21H28O2/c1-6-21(22)18(23-14-16-10-8-7-9-11-16)17-12-13-20(21,5)15(2)19(17,3)4/h6-11,17-18,22H,1-2,12-14H2,3-5H3/t17-,18+,20-,21+/m1/s1. The Morgan fingerprint density at radius 1 is 1.26 bits per heavy atom. The summed E-state index contributed by atoms with van der Waals surface area (Å²) in [6, 6.07) is 10.1. The summed E-state index contributed by atoms with van der Waals surface area (Å²) in [5.41, 5.74) is 0.778. The zero-order valence-corrected chi connectivity index (χ0v) is 14.5. The van der Waals surface area contributed by atoms with Gasteiger partial charge in [0.2, 0.25) is 0 Å². The molecule has 0 heterocycles. The Morgan fingerprint density at radius 2 is 1.91 bits per heavy atom. The summed E-state index contributed by atoms with van der Waals surface area (Å²) in [5, 5.41) is 11.5. The van der Waals surface area contributed by atoms with E-state index < -0.39 is 5.60 Å². The lowest BCUT2D eigenvalue weighted by Crippen LogP contribution is -2.69. The normalized spacial score (nSPS) is 38.5. The Morgan fingerprint density at radius 3 is 2.52 bits per heavy atom. The Labute approximate surface area is 139 Å². The average molecular weight is 312 g/mol. The minimum absolute atomic E-state index is 0.0381. The molecule has 0 amide bonds. The van der Waals surface area contributed by atoms with Gasteiger partial charge in [0.25, 0.3) is 0 Å². The van der Waals surface area contributed by atoms with Crippen LogP contribution in [0.1, 0.15) is 39.2 Å². The van der Waals surface area contributed by atoms with E-state index in [1.165, 1.54) is 0 Å². The fourth-order valence-corrected chi connectivity index (χ4v) is 4.83. The highest BCUT2D eigenvalue weighted by Gasteiger charge is 2.67. The third-order valence-electron chi connectivity index (χ3n) is 6.59. The molecule has 23 heavy (non-hydrogen) atoms. The zero-order valence-electron chi connectivity index (χ0n) is 14.5. The van der Waals surface area contributed by atoms with Crippen molar-refractivity contribution in [3.05, 3.63) is 60.7 Å². The number of ether oxygens (including phenoxy) is 1. The summed E-state index contributed by atoms with van der Waals surface area (Å²) in [4.78, 5) is 0. The predicted octanol–water partition coefficient (Wildman–Crippen LogP) is 4.50. The van der Waals surface area contributed by atoms with Crippen LogP contribution in [-0.4, -0.2) is 16.8 Å². The van der Waals surface area contributed by atoms with E-state index in [0.29, 0.717) is 6.61 Å². The van der Waals surface area contributed by atoms with E-state index in [9.17, 15) is 5.11 Å². The van der Waals surface area contributed by atoms with Crippen LogP contribution >= 0.6 is 0 Å². The number of rotatable bonds is 4. The van der Waals surface area contributed by atoms with Crippen LogP contribution in [-0.2, 0) is 11.3 Å². The van der Waals surface area contributed by atoms with Gasteiger partial charge >= 0.3 is 0 Å². The molecule has 1 aromatic carbocycles. The Balaban J connectivity index is 1.94. The molecule has 0 aliphatic heterocycles. The van der Waals surface area contributed by atoms with E-state index >= 15 is 0 Å². The maximum Gasteiger partial charge on any atom is 0.118 e. The highest BCUT2D eigenvalue weighted by Crippen LogP contribution is 2.66. The predicted molar refractivity (Wildman–Crippen MR) is 93.9 cm³/mol. The second-order valence-electron chi connectivity index (χ2n) is 7.92. The lowest BCUT2D eigenvalue weighted by molar-refractivity contribution is -0.228. The number of aliphatic hydroxyl groups is 1. The summed E-state index contributed by atoms with van der Waals surface area (Å²) >= 11 is 0. The first-order valence-electron chi connectivity index (χ1n) is 8.49. The maximum absolute atomic E-state index is 11.5. The van der Waals surface area contributed by atoms with Crippen LogP contribution in [0.2, 0.25) is 0 Å². The van der Waals surface area contributed by atoms with Crippen molar-refractivity contribution in [3.63, 3.8) is 0 Å². The molecule has 1 aromatic rings. The average Bonchev–Trinajstić information content (AvgIpc) is 2.54. The van der Waals surface area contributed by atoms with Gasteiger partial charge in [-0.15, -0.1) is 6.58 Å². The number of hydrogen-bond donors (Lipinski definition) is 1. The van der Waals surface area contributed by atoms with Crippen LogP contribution in [0.3, 0.4) is 0 Å². The smallest absolute Gasteiger partial charge is 0.118 e. The lowest BCUT2D eigenvalue weighted by atomic mass is 9.42. The van der Waals surface area contributed by atoms with Gasteiger partial charge in [-0.2, -0.15) is 0 Å². The number of benzene rings is 1. The molecule has 3 aliphatic carbocycles. The van der Waals surface area contributed by atoms with Gasteiger partial charge in [-0.05, 0) is 29.7 Å². The molecule has 3 saturated carbocycles. The van der Waals surface area contributed by atoms with Crippen molar-refractivity contribution >= 4 is 0 Å². The van der Waals surface area contributed by atoms with Crippen molar-refractivity contribution in [1.82, 2.24) is 0 Å². The quantitative estimate of drug-likeness (QED) is 0.829. The van der Waals surface area contributed by atoms with Gasteiger partial charge in [-0.25, -0.2) is 0 Å². The first kappa shape index (κ1) is 16.5. The molecular weight excluding hydrogens is 284 g/mol. The van der Waals surface area contributed by atoms with E-state index in [-0.39, 0.29) is 22.9 Å². The number of fused-ring (bicyclic) bond motifs is 3. The van der Waals surface area contributed by atoms with Gasteiger partial charge in [-0.3, -0.25) is 0 Å². The minimum Gasteiger partial charge on any atom is -0.382 e. The van der Waals surface area contributed by atoms with Crippen LogP contribution in [0.5, 0.6) is 0 Å². The highest BCUT2D eigenvalue weighted by molar-refractivity contribution is 5.37. The topological polar surface area (TPSA) is 29.5 Å². The molecule has 0 unspecified atom stereocenters.